The predicted molar refractivity (Wildman–Crippen MR) is 115 cm³/mol. The maximum absolute atomic E-state index is 12.9. The number of nitrogens with one attached hydrogen (secondary N) is 1. The van der Waals surface area contributed by atoms with Crippen LogP contribution in [0.2, 0.25) is 0 Å². The summed E-state index contributed by atoms with van der Waals surface area (Å²) in [4.78, 5) is 16.0. The number of hydrogen-bond acceptors (Lipinski definition) is 4. The van der Waals surface area contributed by atoms with Gasteiger partial charge in [0.2, 0.25) is 0 Å². The molecule has 1 N–H and O–H groups in total. The summed E-state index contributed by atoms with van der Waals surface area (Å²) in [5.41, 5.74) is -0.0382. The van der Waals surface area contributed by atoms with Gasteiger partial charge in [-0.25, -0.2) is 4.98 Å². The molecular formula is C23H25F3N4O2. The molecule has 1 fully saturated rings. The van der Waals surface area contributed by atoms with Crippen molar-refractivity contribution in [2.24, 2.45) is 5.41 Å². The SMILES string of the molecule is COc1cc2nn(C3CCC(C)(C)CC3)cc2cc1NC(=O)c1cccc(C(F)(F)F)n1. The molecule has 1 aliphatic rings. The third-order valence-electron chi connectivity index (χ3n) is 6.05. The smallest absolute Gasteiger partial charge is 0.433 e. The van der Waals surface area contributed by atoms with Crippen molar-refractivity contribution in [3.05, 3.63) is 47.9 Å². The van der Waals surface area contributed by atoms with E-state index in [1.165, 1.54) is 13.2 Å². The molecule has 0 aliphatic heterocycles. The van der Waals surface area contributed by atoms with Crippen molar-refractivity contribution in [2.75, 3.05) is 12.4 Å². The van der Waals surface area contributed by atoms with E-state index in [0.29, 0.717) is 22.9 Å². The van der Waals surface area contributed by atoms with Gasteiger partial charge in [0.15, 0.2) is 0 Å². The number of amides is 1. The van der Waals surface area contributed by atoms with Crippen LogP contribution < -0.4 is 10.1 Å². The van der Waals surface area contributed by atoms with Gasteiger partial charge in [0.25, 0.3) is 5.91 Å². The highest BCUT2D eigenvalue weighted by Crippen LogP contribution is 2.40. The van der Waals surface area contributed by atoms with Gasteiger partial charge in [-0.05, 0) is 49.3 Å². The van der Waals surface area contributed by atoms with E-state index < -0.39 is 17.8 Å². The Morgan fingerprint density at radius 3 is 2.59 bits per heavy atom. The molecule has 2 aromatic heterocycles. The van der Waals surface area contributed by atoms with Crippen molar-refractivity contribution in [1.29, 1.82) is 0 Å². The Morgan fingerprint density at radius 2 is 1.94 bits per heavy atom. The third-order valence-corrected chi connectivity index (χ3v) is 6.05. The molecule has 6 nitrogen and oxygen atoms in total. The molecule has 0 bridgehead atoms. The second kappa shape index (κ2) is 8.11. The number of fused-ring (bicyclic) bond motifs is 1. The zero-order chi connectivity index (χ0) is 23.1. The van der Waals surface area contributed by atoms with E-state index in [-0.39, 0.29) is 5.69 Å². The van der Waals surface area contributed by atoms with Crippen LogP contribution in [0.5, 0.6) is 5.75 Å². The lowest BCUT2D eigenvalue weighted by Gasteiger charge is -2.34. The minimum absolute atomic E-state index is 0.314. The van der Waals surface area contributed by atoms with E-state index in [0.717, 1.165) is 48.7 Å². The van der Waals surface area contributed by atoms with Crippen molar-refractivity contribution >= 4 is 22.5 Å². The lowest BCUT2D eigenvalue weighted by atomic mass is 9.76. The number of carbonyl (C=O) groups is 1. The van der Waals surface area contributed by atoms with Crippen LogP contribution in [-0.2, 0) is 6.18 Å². The number of pyridine rings is 1. The number of carbonyl (C=O) groups excluding carboxylic acids is 1. The van der Waals surface area contributed by atoms with E-state index >= 15 is 0 Å². The fraction of sp³-hybridized carbons (Fsp3) is 0.435. The van der Waals surface area contributed by atoms with Gasteiger partial charge in [0, 0.05) is 17.6 Å². The first-order valence-electron chi connectivity index (χ1n) is 10.5. The standard InChI is InChI=1S/C23H25F3N4O2/c1-22(2)9-7-15(8-10-22)30-13-14-11-18(19(32-3)12-17(14)29-30)28-21(31)16-5-4-6-20(27-16)23(24,25)26/h4-6,11-13,15H,7-10H2,1-3H3,(H,28,31). The molecule has 1 aromatic carbocycles. The van der Waals surface area contributed by atoms with E-state index in [9.17, 15) is 18.0 Å². The summed E-state index contributed by atoms with van der Waals surface area (Å²) in [5, 5.41) is 8.12. The lowest BCUT2D eigenvalue weighted by molar-refractivity contribution is -0.141. The highest BCUT2D eigenvalue weighted by atomic mass is 19.4. The molecule has 170 valence electrons. The Kier molecular flexibility index (Phi) is 5.60. The number of aromatic nitrogens is 3. The first kappa shape index (κ1) is 22.1. The molecule has 32 heavy (non-hydrogen) atoms. The molecular weight excluding hydrogens is 421 g/mol. The Balaban J connectivity index is 1.59. The van der Waals surface area contributed by atoms with E-state index in [4.69, 9.17) is 9.84 Å². The van der Waals surface area contributed by atoms with Crippen LogP contribution in [0.3, 0.4) is 0 Å². The molecule has 2 heterocycles. The van der Waals surface area contributed by atoms with Gasteiger partial charge in [-0.3, -0.25) is 9.48 Å². The van der Waals surface area contributed by atoms with E-state index in [1.807, 2.05) is 10.9 Å². The summed E-state index contributed by atoms with van der Waals surface area (Å²) in [7, 11) is 1.46. The quantitative estimate of drug-likeness (QED) is 0.546. The number of alkyl halides is 3. The van der Waals surface area contributed by atoms with Crippen LogP contribution in [0, 0.1) is 5.41 Å². The third kappa shape index (κ3) is 4.56. The van der Waals surface area contributed by atoms with Crippen molar-refractivity contribution in [1.82, 2.24) is 14.8 Å². The second-order valence-electron chi connectivity index (χ2n) is 8.98. The number of rotatable bonds is 4. The highest BCUT2D eigenvalue weighted by molar-refractivity contribution is 6.05. The minimum atomic E-state index is -4.63. The number of benzene rings is 1. The molecule has 1 saturated carbocycles. The maximum Gasteiger partial charge on any atom is 0.433 e. The van der Waals surface area contributed by atoms with Gasteiger partial charge in [-0.1, -0.05) is 19.9 Å². The van der Waals surface area contributed by atoms with Gasteiger partial charge in [-0.2, -0.15) is 18.3 Å². The summed E-state index contributed by atoms with van der Waals surface area (Å²) in [6.45, 7) is 4.56. The topological polar surface area (TPSA) is 69.0 Å². The largest absolute Gasteiger partial charge is 0.494 e. The molecule has 0 radical (unpaired) electrons. The molecule has 1 amide bonds. The molecule has 4 rings (SSSR count). The van der Waals surface area contributed by atoms with Crippen LogP contribution >= 0.6 is 0 Å². The Labute approximate surface area is 183 Å². The zero-order valence-corrected chi connectivity index (χ0v) is 18.2. The fourth-order valence-corrected chi connectivity index (χ4v) is 4.08. The van der Waals surface area contributed by atoms with Gasteiger partial charge in [-0.15, -0.1) is 0 Å². The first-order chi connectivity index (χ1) is 15.1. The van der Waals surface area contributed by atoms with Crippen molar-refractivity contribution in [3.63, 3.8) is 0 Å². The van der Waals surface area contributed by atoms with Gasteiger partial charge in [0.05, 0.1) is 24.4 Å². The molecule has 1 aliphatic carbocycles. The van der Waals surface area contributed by atoms with E-state index in [2.05, 4.69) is 24.1 Å². The molecule has 0 atom stereocenters. The summed E-state index contributed by atoms with van der Waals surface area (Å²) in [6, 6.07) is 6.96. The molecule has 9 heteroatoms. The average molecular weight is 446 g/mol. The first-order valence-corrected chi connectivity index (χ1v) is 10.5. The van der Waals surface area contributed by atoms with Crippen LogP contribution in [-0.4, -0.2) is 27.8 Å². The van der Waals surface area contributed by atoms with Gasteiger partial charge < -0.3 is 10.1 Å². The Morgan fingerprint density at radius 1 is 1.22 bits per heavy atom. The maximum atomic E-state index is 12.9. The average Bonchev–Trinajstić information content (AvgIpc) is 3.15. The van der Waals surface area contributed by atoms with Crippen molar-refractivity contribution in [3.8, 4) is 5.75 Å². The normalized spacial score (nSPS) is 16.8. The highest BCUT2D eigenvalue weighted by Gasteiger charge is 2.33. The molecule has 3 aromatic rings. The summed E-state index contributed by atoms with van der Waals surface area (Å²) in [5.74, 6) is -0.386. The Hall–Kier alpha value is -3.10. The second-order valence-corrected chi connectivity index (χ2v) is 8.98. The number of methoxy groups -OCH3 is 1. The van der Waals surface area contributed by atoms with Crippen molar-refractivity contribution in [2.45, 2.75) is 51.7 Å². The number of hydrogen-bond donors (Lipinski definition) is 1. The van der Waals surface area contributed by atoms with E-state index in [1.54, 1.807) is 12.1 Å². The zero-order valence-electron chi connectivity index (χ0n) is 18.2. The summed E-state index contributed by atoms with van der Waals surface area (Å²) in [6.07, 6.45) is 1.66. The van der Waals surface area contributed by atoms with Crippen LogP contribution in [0.25, 0.3) is 10.9 Å². The number of halogens is 3. The molecule has 0 unspecified atom stereocenters. The molecule has 0 spiro atoms. The molecule has 0 saturated heterocycles. The number of ether oxygens (including phenoxy) is 1. The summed E-state index contributed by atoms with van der Waals surface area (Å²) < 4.78 is 46.1. The summed E-state index contributed by atoms with van der Waals surface area (Å²) >= 11 is 0. The lowest BCUT2D eigenvalue weighted by Crippen LogP contribution is -2.23. The van der Waals surface area contributed by atoms with Crippen molar-refractivity contribution < 1.29 is 22.7 Å². The van der Waals surface area contributed by atoms with Gasteiger partial charge >= 0.3 is 6.18 Å². The fourth-order valence-electron chi connectivity index (χ4n) is 4.08. The van der Waals surface area contributed by atoms with Gasteiger partial charge in [0.1, 0.15) is 17.1 Å². The predicted octanol–water partition coefficient (Wildman–Crippen LogP) is 5.85. The minimum Gasteiger partial charge on any atom is -0.494 e. The Bertz CT molecular complexity index is 1140. The van der Waals surface area contributed by atoms with Crippen LogP contribution in [0.1, 0.15) is 61.8 Å². The number of nitrogens with zero attached hydrogens (tertiary/aromatic N) is 3. The van der Waals surface area contributed by atoms with Crippen LogP contribution in [0.15, 0.2) is 36.5 Å². The monoisotopic (exact) mass is 446 g/mol. The number of anilines is 1. The van der Waals surface area contributed by atoms with Crippen LogP contribution in [0.4, 0.5) is 18.9 Å².